The van der Waals surface area contributed by atoms with Gasteiger partial charge in [0.2, 0.25) is 5.91 Å². The van der Waals surface area contributed by atoms with Gasteiger partial charge >= 0.3 is 5.69 Å². The molecule has 1 heterocycles. The van der Waals surface area contributed by atoms with Crippen LogP contribution in [0.1, 0.15) is 29.7 Å². The van der Waals surface area contributed by atoms with Crippen molar-refractivity contribution in [1.82, 2.24) is 14.8 Å². The van der Waals surface area contributed by atoms with Crippen LogP contribution >= 0.6 is 0 Å². The Kier molecular flexibility index (Phi) is 5.16. The summed E-state index contributed by atoms with van der Waals surface area (Å²) in [5, 5.41) is 6.99. The summed E-state index contributed by atoms with van der Waals surface area (Å²) >= 11 is 0. The Hall–Kier alpha value is -3.28. The highest BCUT2D eigenvalue weighted by Gasteiger charge is 2.19. The van der Waals surface area contributed by atoms with E-state index >= 15 is 0 Å². The van der Waals surface area contributed by atoms with Crippen LogP contribution in [-0.4, -0.2) is 20.7 Å². The van der Waals surface area contributed by atoms with Gasteiger partial charge in [-0.05, 0) is 51.0 Å². The minimum atomic E-state index is -0.780. The maximum absolute atomic E-state index is 12.5. The number of aryl methyl sites for hydroxylation is 3. The van der Waals surface area contributed by atoms with E-state index in [1.165, 1.54) is 6.20 Å². The smallest absolute Gasteiger partial charge is 0.324 e. The molecule has 1 aromatic heterocycles. The molecule has 0 fully saturated rings. The van der Waals surface area contributed by atoms with E-state index in [2.05, 4.69) is 15.4 Å². The van der Waals surface area contributed by atoms with Crippen LogP contribution in [0.3, 0.4) is 0 Å². The van der Waals surface area contributed by atoms with Crippen LogP contribution < -0.4 is 11.0 Å². The second kappa shape index (κ2) is 7.53. The van der Waals surface area contributed by atoms with Gasteiger partial charge in [0.15, 0.2) is 0 Å². The molecule has 1 N–H and O–H groups in total. The third-order valence-electron chi connectivity index (χ3n) is 4.30. The van der Waals surface area contributed by atoms with E-state index in [4.69, 9.17) is 0 Å². The van der Waals surface area contributed by atoms with Crippen molar-refractivity contribution >= 4 is 11.6 Å². The Morgan fingerprint density at radius 2 is 1.63 bits per heavy atom. The maximum Gasteiger partial charge on any atom is 0.365 e. The quantitative estimate of drug-likeness (QED) is 0.771. The zero-order valence-corrected chi connectivity index (χ0v) is 15.9. The lowest BCUT2D eigenvalue weighted by atomic mass is 10.1. The van der Waals surface area contributed by atoms with Crippen molar-refractivity contribution in [2.75, 3.05) is 5.32 Å². The Bertz CT molecular complexity index is 1020. The van der Waals surface area contributed by atoms with Gasteiger partial charge in [0.05, 0.1) is 11.9 Å². The summed E-state index contributed by atoms with van der Waals surface area (Å²) in [6.45, 7) is 7.54. The highest BCUT2D eigenvalue weighted by atomic mass is 16.2. The number of hydrogen-bond donors (Lipinski definition) is 1. The number of anilines is 1. The van der Waals surface area contributed by atoms with E-state index in [1.54, 1.807) is 6.92 Å². The second-order valence-corrected chi connectivity index (χ2v) is 6.78. The maximum atomic E-state index is 12.5. The molecule has 0 saturated heterocycles. The molecule has 0 radical (unpaired) electrons. The third kappa shape index (κ3) is 4.28. The average Bonchev–Trinajstić information content (AvgIpc) is 2.60. The Labute approximate surface area is 157 Å². The number of hydrogen-bond acceptors (Lipinski definition) is 4. The minimum Gasteiger partial charge on any atom is -0.324 e. The molecule has 0 bridgehead atoms. The molecular weight excluding hydrogens is 340 g/mol. The number of amides is 1. The van der Waals surface area contributed by atoms with E-state index in [-0.39, 0.29) is 5.91 Å². The van der Waals surface area contributed by atoms with Gasteiger partial charge in [0, 0.05) is 11.3 Å². The molecule has 138 valence electrons. The number of rotatable bonds is 4. The molecule has 0 aliphatic rings. The Morgan fingerprint density at radius 3 is 2.22 bits per heavy atom. The molecule has 1 atom stereocenters. The first-order valence-electron chi connectivity index (χ1n) is 8.75. The predicted molar refractivity (Wildman–Crippen MR) is 106 cm³/mol. The second-order valence-electron chi connectivity index (χ2n) is 6.78. The van der Waals surface area contributed by atoms with Gasteiger partial charge < -0.3 is 5.32 Å². The monoisotopic (exact) mass is 362 g/mol. The van der Waals surface area contributed by atoms with Crippen molar-refractivity contribution in [3.05, 3.63) is 75.8 Å². The Morgan fingerprint density at radius 1 is 1.00 bits per heavy atom. The summed E-state index contributed by atoms with van der Waals surface area (Å²) in [6.07, 6.45) is 1.51. The summed E-state index contributed by atoms with van der Waals surface area (Å²) in [7, 11) is 0. The van der Waals surface area contributed by atoms with Gasteiger partial charge in [-0.15, -0.1) is 0 Å². The summed E-state index contributed by atoms with van der Waals surface area (Å²) in [6, 6.07) is 12.7. The molecule has 27 heavy (non-hydrogen) atoms. The number of carbonyl (C=O) groups excluding carboxylic acids is 1. The van der Waals surface area contributed by atoms with E-state index in [9.17, 15) is 9.59 Å². The van der Waals surface area contributed by atoms with Gasteiger partial charge in [-0.25, -0.2) is 9.48 Å². The first kappa shape index (κ1) is 18.5. The van der Waals surface area contributed by atoms with Crippen molar-refractivity contribution in [1.29, 1.82) is 0 Å². The zero-order chi connectivity index (χ0) is 19.6. The predicted octanol–water partition coefficient (Wildman–Crippen LogP) is 3.43. The lowest BCUT2D eigenvalue weighted by Gasteiger charge is -2.14. The largest absolute Gasteiger partial charge is 0.365 e. The average molecular weight is 362 g/mol. The van der Waals surface area contributed by atoms with Crippen LogP contribution in [0.25, 0.3) is 11.3 Å². The minimum absolute atomic E-state index is 0.320. The fourth-order valence-electron chi connectivity index (χ4n) is 2.88. The summed E-state index contributed by atoms with van der Waals surface area (Å²) in [5.41, 5.74) is 4.66. The molecule has 0 saturated carbocycles. The molecule has 0 spiro atoms. The van der Waals surface area contributed by atoms with Gasteiger partial charge in [-0.1, -0.05) is 35.9 Å². The summed E-state index contributed by atoms with van der Waals surface area (Å²) < 4.78 is 1.09. The Balaban J connectivity index is 1.81. The molecule has 6 nitrogen and oxygen atoms in total. The molecule has 3 rings (SSSR count). The van der Waals surface area contributed by atoms with Crippen LogP contribution in [-0.2, 0) is 4.79 Å². The molecule has 0 aliphatic heterocycles. The van der Waals surface area contributed by atoms with Crippen LogP contribution in [0.4, 0.5) is 5.69 Å². The molecule has 2 aromatic carbocycles. The third-order valence-corrected chi connectivity index (χ3v) is 4.30. The summed E-state index contributed by atoms with van der Waals surface area (Å²) in [5.74, 6) is -0.320. The molecule has 6 heteroatoms. The zero-order valence-electron chi connectivity index (χ0n) is 15.9. The normalized spacial score (nSPS) is 11.9. The lowest BCUT2D eigenvalue weighted by Crippen LogP contribution is -2.34. The summed E-state index contributed by atoms with van der Waals surface area (Å²) in [4.78, 5) is 29.0. The standard InChI is InChI=1S/C21H22N4O2/c1-13-5-7-17(8-6-13)19-12-22-25(21(27)24-19)16(4)20(26)23-18-10-14(2)9-15(3)11-18/h5-12,16H,1-4H3,(H,23,26). The van der Waals surface area contributed by atoms with E-state index in [0.717, 1.165) is 26.9 Å². The lowest BCUT2D eigenvalue weighted by molar-refractivity contribution is -0.119. The molecular formula is C21H22N4O2. The molecule has 1 unspecified atom stereocenters. The van der Waals surface area contributed by atoms with Crippen molar-refractivity contribution in [2.45, 2.75) is 33.7 Å². The highest BCUT2D eigenvalue weighted by molar-refractivity contribution is 5.93. The SMILES string of the molecule is Cc1ccc(-c2cnn(C(C)C(=O)Nc3cc(C)cc(C)c3)c(=O)n2)cc1. The van der Waals surface area contributed by atoms with Crippen molar-refractivity contribution in [3.8, 4) is 11.3 Å². The van der Waals surface area contributed by atoms with Crippen LogP contribution in [0, 0.1) is 20.8 Å². The number of nitrogens with zero attached hydrogens (tertiary/aromatic N) is 3. The number of aromatic nitrogens is 3. The number of carbonyl (C=O) groups is 1. The molecule has 3 aromatic rings. The van der Waals surface area contributed by atoms with Gasteiger partial charge in [0.25, 0.3) is 0 Å². The van der Waals surface area contributed by atoms with Crippen molar-refractivity contribution < 1.29 is 4.79 Å². The van der Waals surface area contributed by atoms with Gasteiger partial charge in [-0.3, -0.25) is 4.79 Å². The first-order valence-corrected chi connectivity index (χ1v) is 8.75. The van der Waals surface area contributed by atoms with Crippen LogP contribution in [0.15, 0.2) is 53.5 Å². The first-order chi connectivity index (χ1) is 12.8. The van der Waals surface area contributed by atoms with Crippen LogP contribution in [0.2, 0.25) is 0 Å². The van der Waals surface area contributed by atoms with Gasteiger partial charge in [0.1, 0.15) is 6.04 Å². The fourth-order valence-corrected chi connectivity index (χ4v) is 2.88. The van der Waals surface area contributed by atoms with Crippen LogP contribution in [0.5, 0.6) is 0 Å². The molecule has 0 aliphatic carbocycles. The molecule has 1 amide bonds. The number of benzene rings is 2. The van der Waals surface area contributed by atoms with Gasteiger partial charge in [-0.2, -0.15) is 10.1 Å². The topological polar surface area (TPSA) is 76.9 Å². The van der Waals surface area contributed by atoms with Crippen molar-refractivity contribution in [2.24, 2.45) is 0 Å². The van der Waals surface area contributed by atoms with E-state index < -0.39 is 11.7 Å². The van der Waals surface area contributed by atoms with E-state index in [0.29, 0.717) is 11.4 Å². The van der Waals surface area contributed by atoms with E-state index in [1.807, 2.05) is 63.2 Å². The van der Waals surface area contributed by atoms with Crippen molar-refractivity contribution in [3.63, 3.8) is 0 Å². The highest BCUT2D eigenvalue weighted by Crippen LogP contribution is 2.17. The number of nitrogens with one attached hydrogen (secondary N) is 1. The fraction of sp³-hybridized carbons (Fsp3) is 0.238.